The van der Waals surface area contributed by atoms with E-state index in [9.17, 15) is 0 Å². The minimum Gasteiger partial charge on any atom is -0.330 e. The average molecular weight is 184 g/mol. The maximum atomic E-state index is 5.63. The SMILES string of the molecule is CCC1CCC(CCN)N1C(C)C. The van der Waals surface area contributed by atoms with Crippen LogP contribution in [0.25, 0.3) is 0 Å². The van der Waals surface area contributed by atoms with Crippen molar-refractivity contribution in [2.45, 2.75) is 64.6 Å². The van der Waals surface area contributed by atoms with Gasteiger partial charge in [-0.1, -0.05) is 6.92 Å². The number of rotatable bonds is 4. The number of hydrogen-bond donors (Lipinski definition) is 1. The highest BCUT2D eigenvalue weighted by molar-refractivity contribution is 4.88. The van der Waals surface area contributed by atoms with Gasteiger partial charge in [0.15, 0.2) is 0 Å². The summed E-state index contributed by atoms with van der Waals surface area (Å²) in [7, 11) is 0. The normalized spacial score (nSPS) is 30.2. The predicted octanol–water partition coefficient (Wildman–Crippen LogP) is 1.99. The first-order chi connectivity index (χ1) is 6.20. The second-order valence-electron chi connectivity index (χ2n) is 4.41. The van der Waals surface area contributed by atoms with Crippen LogP contribution < -0.4 is 5.73 Å². The van der Waals surface area contributed by atoms with Crippen molar-refractivity contribution in [3.63, 3.8) is 0 Å². The molecule has 2 atom stereocenters. The van der Waals surface area contributed by atoms with Crippen LogP contribution in [0.5, 0.6) is 0 Å². The molecule has 2 unspecified atom stereocenters. The monoisotopic (exact) mass is 184 g/mol. The smallest absolute Gasteiger partial charge is 0.0113 e. The predicted molar refractivity (Wildman–Crippen MR) is 57.7 cm³/mol. The van der Waals surface area contributed by atoms with Gasteiger partial charge in [0, 0.05) is 18.1 Å². The number of nitrogens with zero attached hydrogens (tertiary/aromatic N) is 1. The third-order valence-electron chi connectivity index (χ3n) is 3.24. The Morgan fingerprint density at radius 1 is 1.31 bits per heavy atom. The van der Waals surface area contributed by atoms with E-state index in [1.807, 2.05) is 0 Å². The van der Waals surface area contributed by atoms with E-state index in [-0.39, 0.29) is 0 Å². The Morgan fingerprint density at radius 3 is 2.38 bits per heavy atom. The van der Waals surface area contributed by atoms with Crippen molar-refractivity contribution in [1.82, 2.24) is 4.90 Å². The van der Waals surface area contributed by atoms with Gasteiger partial charge in [-0.3, -0.25) is 4.90 Å². The van der Waals surface area contributed by atoms with Crippen LogP contribution in [0.2, 0.25) is 0 Å². The zero-order valence-electron chi connectivity index (χ0n) is 9.29. The number of likely N-dealkylation sites (tertiary alicyclic amines) is 1. The molecule has 0 aliphatic carbocycles. The molecule has 0 saturated carbocycles. The van der Waals surface area contributed by atoms with Crippen LogP contribution in [0.1, 0.15) is 46.5 Å². The highest BCUT2D eigenvalue weighted by Crippen LogP contribution is 2.29. The molecule has 2 heteroatoms. The van der Waals surface area contributed by atoms with Crippen LogP contribution >= 0.6 is 0 Å². The summed E-state index contributed by atoms with van der Waals surface area (Å²) in [4.78, 5) is 2.67. The van der Waals surface area contributed by atoms with E-state index < -0.39 is 0 Å². The molecule has 1 aliphatic rings. The Morgan fingerprint density at radius 2 is 1.92 bits per heavy atom. The van der Waals surface area contributed by atoms with Gasteiger partial charge in [-0.25, -0.2) is 0 Å². The highest BCUT2D eigenvalue weighted by atomic mass is 15.2. The minimum absolute atomic E-state index is 0.684. The molecule has 1 fully saturated rings. The number of nitrogens with two attached hydrogens (primary N) is 1. The van der Waals surface area contributed by atoms with E-state index in [0.29, 0.717) is 6.04 Å². The Bertz CT molecular complexity index is 145. The zero-order valence-corrected chi connectivity index (χ0v) is 9.29. The molecule has 2 nitrogen and oxygen atoms in total. The van der Waals surface area contributed by atoms with Crippen molar-refractivity contribution in [1.29, 1.82) is 0 Å². The van der Waals surface area contributed by atoms with Crippen LogP contribution in [0.15, 0.2) is 0 Å². The lowest BCUT2D eigenvalue weighted by Crippen LogP contribution is -2.41. The highest BCUT2D eigenvalue weighted by Gasteiger charge is 2.32. The first-order valence-electron chi connectivity index (χ1n) is 5.68. The van der Waals surface area contributed by atoms with Gasteiger partial charge in [-0.05, 0) is 46.1 Å². The summed E-state index contributed by atoms with van der Waals surface area (Å²) in [5.74, 6) is 0. The van der Waals surface area contributed by atoms with Gasteiger partial charge >= 0.3 is 0 Å². The van der Waals surface area contributed by atoms with Crippen molar-refractivity contribution < 1.29 is 0 Å². The Labute approximate surface area is 82.5 Å². The third-order valence-corrected chi connectivity index (χ3v) is 3.24. The van der Waals surface area contributed by atoms with Crippen molar-refractivity contribution in [3.8, 4) is 0 Å². The maximum Gasteiger partial charge on any atom is 0.0113 e. The largest absolute Gasteiger partial charge is 0.330 e. The van der Waals surface area contributed by atoms with Gasteiger partial charge in [0.1, 0.15) is 0 Å². The van der Waals surface area contributed by atoms with Gasteiger partial charge in [-0.2, -0.15) is 0 Å². The average Bonchev–Trinajstić information content (AvgIpc) is 2.48. The fraction of sp³-hybridized carbons (Fsp3) is 1.00. The van der Waals surface area contributed by atoms with Crippen LogP contribution in [-0.2, 0) is 0 Å². The lowest BCUT2D eigenvalue weighted by molar-refractivity contribution is 0.140. The Balaban J connectivity index is 2.56. The van der Waals surface area contributed by atoms with Gasteiger partial charge in [0.05, 0.1) is 0 Å². The van der Waals surface area contributed by atoms with E-state index in [2.05, 4.69) is 25.7 Å². The van der Waals surface area contributed by atoms with Gasteiger partial charge in [0.2, 0.25) is 0 Å². The summed E-state index contributed by atoms with van der Waals surface area (Å²) in [5, 5.41) is 0. The van der Waals surface area contributed by atoms with Crippen molar-refractivity contribution in [3.05, 3.63) is 0 Å². The molecule has 1 saturated heterocycles. The summed E-state index contributed by atoms with van der Waals surface area (Å²) in [6.07, 6.45) is 5.20. The molecule has 2 N–H and O–H groups in total. The maximum absolute atomic E-state index is 5.63. The van der Waals surface area contributed by atoms with Crippen LogP contribution in [-0.4, -0.2) is 29.6 Å². The molecule has 78 valence electrons. The van der Waals surface area contributed by atoms with E-state index in [1.54, 1.807) is 0 Å². The van der Waals surface area contributed by atoms with Crippen molar-refractivity contribution >= 4 is 0 Å². The fourth-order valence-electron chi connectivity index (χ4n) is 2.73. The summed E-state index contributed by atoms with van der Waals surface area (Å²) in [6, 6.07) is 2.26. The molecule has 0 aromatic rings. The molecule has 1 heterocycles. The molecular weight excluding hydrogens is 160 g/mol. The van der Waals surface area contributed by atoms with E-state index in [0.717, 1.165) is 18.6 Å². The summed E-state index contributed by atoms with van der Waals surface area (Å²) < 4.78 is 0. The molecule has 0 bridgehead atoms. The molecule has 0 radical (unpaired) electrons. The molecule has 0 amide bonds. The molecular formula is C11H24N2. The fourth-order valence-corrected chi connectivity index (χ4v) is 2.73. The summed E-state index contributed by atoms with van der Waals surface area (Å²) >= 11 is 0. The summed E-state index contributed by atoms with van der Waals surface area (Å²) in [6.45, 7) is 7.74. The molecule has 0 aromatic heterocycles. The van der Waals surface area contributed by atoms with Crippen LogP contribution in [0.4, 0.5) is 0 Å². The Hall–Kier alpha value is -0.0800. The zero-order chi connectivity index (χ0) is 9.84. The summed E-state index contributed by atoms with van der Waals surface area (Å²) in [5.41, 5.74) is 5.63. The van der Waals surface area contributed by atoms with E-state index >= 15 is 0 Å². The van der Waals surface area contributed by atoms with Crippen molar-refractivity contribution in [2.24, 2.45) is 5.73 Å². The van der Waals surface area contributed by atoms with E-state index in [1.165, 1.54) is 25.7 Å². The lowest BCUT2D eigenvalue weighted by atomic mass is 10.1. The molecule has 13 heavy (non-hydrogen) atoms. The third kappa shape index (κ3) is 2.44. The standard InChI is InChI=1S/C11H24N2/c1-4-10-5-6-11(7-8-12)13(10)9(2)3/h9-11H,4-8,12H2,1-3H3. The molecule has 1 aliphatic heterocycles. The minimum atomic E-state index is 0.684. The molecule has 0 aromatic carbocycles. The molecule has 0 spiro atoms. The van der Waals surface area contributed by atoms with Gasteiger partial charge in [-0.15, -0.1) is 0 Å². The topological polar surface area (TPSA) is 29.3 Å². The first kappa shape index (κ1) is 11.0. The Kier molecular flexibility index (Phi) is 4.20. The van der Waals surface area contributed by atoms with Crippen LogP contribution in [0, 0.1) is 0 Å². The van der Waals surface area contributed by atoms with Crippen LogP contribution in [0.3, 0.4) is 0 Å². The van der Waals surface area contributed by atoms with E-state index in [4.69, 9.17) is 5.73 Å². The van der Waals surface area contributed by atoms with Gasteiger partial charge < -0.3 is 5.73 Å². The lowest BCUT2D eigenvalue weighted by Gasteiger charge is -2.33. The second kappa shape index (κ2) is 4.97. The van der Waals surface area contributed by atoms with Gasteiger partial charge in [0.25, 0.3) is 0 Å². The number of hydrogen-bond acceptors (Lipinski definition) is 2. The second-order valence-corrected chi connectivity index (χ2v) is 4.41. The first-order valence-corrected chi connectivity index (χ1v) is 5.68. The quantitative estimate of drug-likeness (QED) is 0.724. The van der Waals surface area contributed by atoms with Crippen molar-refractivity contribution in [2.75, 3.05) is 6.54 Å². The molecule has 1 rings (SSSR count).